The van der Waals surface area contributed by atoms with Crippen LogP contribution < -0.4 is 16.2 Å². The summed E-state index contributed by atoms with van der Waals surface area (Å²) in [6, 6.07) is 14.5. The van der Waals surface area contributed by atoms with Crippen molar-refractivity contribution in [3.8, 4) is 0 Å². The van der Waals surface area contributed by atoms with Gasteiger partial charge in [-0.3, -0.25) is 15.0 Å². The highest BCUT2D eigenvalue weighted by molar-refractivity contribution is 9.10. The molecule has 0 aliphatic carbocycles. The summed E-state index contributed by atoms with van der Waals surface area (Å²) in [5.74, 6) is -0.507. The van der Waals surface area contributed by atoms with Crippen LogP contribution in [0.3, 0.4) is 0 Å². The maximum atomic E-state index is 12.0. The molecule has 0 atom stereocenters. The molecular formula is C18H18BrN3O2. The number of aryl methyl sites for hydroxylation is 1. The maximum absolute atomic E-state index is 12.0. The van der Waals surface area contributed by atoms with Crippen LogP contribution in [0.5, 0.6) is 0 Å². The Morgan fingerprint density at radius 3 is 2.46 bits per heavy atom. The van der Waals surface area contributed by atoms with Gasteiger partial charge in [0.15, 0.2) is 0 Å². The lowest BCUT2D eigenvalue weighted by Crippen LogP contribution is -2.37. The molecule has 0 radical (unpaired) electrons. The molecule has 0 unspecified atom stereocenters. The molecule has 6 heteroatoms. The van der Waals surface area contributed by atoms with Crippen LogP contribution in [0.4, 0.5) is 5.69 Å². The van der Waals surface area contributed by atoms with E-state index >= 15 is 0 Å². The molecule has 2 aromatic rings. The quantitative estimate of drug-likeness (QED) is 0.663. The molecule has 2 rings (SSSR count). The van der Waals surface area contributed by atoms with Crippen molar-refractivity contribution in [2.75, 3.05) is 5.32 Å². The van der Waals surface area contributed by atoms with Gasteiger partial charge in [-0.15, -0.1) is 0 Å². The van der Waals surface area contributed by atoms with Gasteiger partial charge in [0.2, 0.25) is 5.91 Å². The van der Waals surface area contributed by atoms with Gasteiger partial charge < -0.3 is 10.7 Å². The normalized spacial score (nSPS) is 9.92. The molecule has 0 fully saturated rings. The molecule has 0 spiro atoms. The highest BCUT2D eigenvalue weighted by Crippen LogP contribution is 2.14. The molecule has 2 amide bonds. The second-order valence-corrected chi connectivity index (χ2v) is 6.20. The highest BCUT2D eigenvalue weighted by Gasteiger charge is 2.08. The summed E-state index contributed by atoms with van der Waals surface area (Å²) in [5, 5.41) is 2.75. The number of amides is 2. The summed E-state index contributed by atoms with van der Waals surface area (Å²) >= 11 is 3.33. The molecule has 24 heavy (non-hydrogen) atoms. The molecule has 0 saturated heterocycles. The van der Waals surface area contributed by atoms with Crippen LogP contribution in [0.1, 0.15) is 22.3 Å². The molecule has 0 bridgehead atoms. The van der Waals surface area contributed by atoms with E-state index in [4.69, 9.17) is 0 Å². The van der Waals surface area contributed by atoms with Crippen LogP contribution in [0.2, 0.25) is 0 Å². The minimum atomic E-state index is -0.284. The molecule has 124 valence electrons. The summed E-state index contributed by atoms with van der Waals surface area (Å²) in [6.45, 7) is 5.65. The van der Waals surface area contributed by atoms with Crippen LogP contribution in [0.15, 0.2) is 65.3 Å². The van der Waals surface area contributed by atoms with Gasteiger partial charge in [0, 0.05) is 21.4 Å². The first-order chi connectivity index (χ1) is 11.4. The summed E-state index contributed by atoms with van der Waals surface area (Å²) in [6.07, 6.45) is 0.0458. The van der Waals surface area contributed by atoms with Crippen LogP contribution >= 0.6 is 15.9 Å². The zero-order chi connectivity index (χ0) is 17.5. The van der Waals surface area contributed by atoms with Crippen molar-refractivity contribution in [1.29, 1.82) is 0 Å². The number of halogens is 1. The van der Waals surface area contributed by atoms with Gasteiger partial charge >= 0.3 is 0 Å². The van der Waals surface area contributed by atoms with E-state index in [1.165, 1.54) is 0 Å². The van der Waals surface area contributed by atoms with Crippen molar-refractivity contribution in [1.82, 2.24) is 10.9 Å². The molecule has 0 heterocycles. The van der Waals surface area contributed by atoms with Crippen molar-refractivity contribution < 1.29 is 9.59 Å². The zero-order valence-electron chi connectivity index (χ0n) is 13.2. The van der Waals surface area contributed by atoms with Gasteiger partial charge in [-0.1, -0.05) is 40.2 Å². The Kier molecular flexibility index (Phi) is 6.14. The Bertz CT molecular complexity index is 757. The van der Waals surface area contributed by atoms with Crippen molar-refractivity contribution in [3.63, 3.8) is 0 Å². The van der Waals surface area contributed by atoms with Gasteiger partial charge in [-0.25, -0.2) is 0 Å². The number of rotatable bonds is 6. The molecular weight excluding hydrogens is 370 g/mol. The summed E-state index contributed by atoms with van der Waals surface area (Å²) in [4.78, 5) is 23.9. The lowest BCUT2D eigenvalue weighted by molar-refractivity contribution is -0.115. The minimum absolute atomic E-state index is 0.0458. The van der Waals surface area contributed by atoms with E-state index < -0.39 is 0 Å². The molecule has 0 aromatic heterocycles. The predicted octanol–water partition coefficient (Wildman–Crippen LogP) is 3.53. The van der Waals surface area contributed by atoms with E-state index in [0.717, 1.165) is 10.0 Å². The monoisotopic (exact) mass is 387 g/mol. The molecule has 0 aliphatic heterocycles. The Morgan fingerprint density at radius 1 is 1.08 bits per heavy atom. The van der Waals surface area contributed by atoms with E-state index in [9.17, 15) is 9.59 Å². The summed E-state index contributed by atoms with van der Waals surface area (Å²) in [5.41, 5.74) is 7.81. The molecule has 0 aliphatic rings. The number of benzene rings is 2. The third kappa shape index (κ3) is 5.55. The fourth-order valence-corrected chi connectivity index (χ4v) is 2.24. The van der Waals surface area contributed by atoms with Crippen LogP contribution in [0.25, 0.3) is 0 Å². The smallest absolute Gasteiger partial charge is 0.269 e. The number of carbonyl (C=O) groups excluding carboxylic acids is 2. The molecule has 5 nitrogen and oxygen atoms in total. The Labute approximate surface area is 149 Å². The number of hydrogen-bond acceptors (Lipinski definition) is 3. The van der Waals surface area contributed by atoms with Crippen LogP contribution in [-0.2, 0) is 4.79 Å². The molecule has 0 saturated carbocycles. The second-order valence-electron chi connectivity index (χ2n) is 5.28. The van der Waals surface area contributed by atoms with E-state index in [2.05, 4.69) is 38.7 Å². The molecule has 2 aromatic carbocycles. The maximum Gasteiger partial charge on any atom is 0.269 e. The number of hydrazine groups is 1. The third-order valence-electron chi connectivity index (χ3n) is 3.13. The summed E-state index contributed by atoms with van der Waals surface area (Å²) < 4.78 is 0.936. The number of nitrogens with one attached hydrogen (secondary N) is 3. The average Bonchev–Trinajstić information content (AvgIpc) is 2.54. The summed E-state index contributed by atoms with van der Waals surface area (Å²) in [7, 11) is 0. The van der Waals surface area contributed by atoms with Gasteiger partial charge in [0.25, 0.3) is 5.91 Å². The number of hydrogen-bond donors (Lipinski definition) is 3. The second kappa shape index (κ2) is 8.31. The first-order valence-corrected chi connectivity index (χ1v) is 8.09. The lowest BCUT2D eigenvalue weighted by atomic mass is 10.1. The van der Waals surface area contributed by atoms with E-state index in [1.54, 1.807) is 24.3 Å². The lowest BCUT2D eigenvalue weighted by Gasteiger charge is -2.11. The van der Waals surface area contributed by atoms with Crippen LogP contribution in [-0.4, -0.2) is 11.8 Å². The van der Waals surface area contributed by atoms with Gasteiger partial charge in [-0.05, 0) is 43.3 Å². The number of carbonyl (C=O) groups is 2. The number of anilines is 1. The van der Waals surface area contributed by atoms with E-state index in [0.29, 0.717) is 16.9 Å². The SMILES string of the molecule is C=C(CC(=O)Nc1ccc(Br)cc1)NNC(=O)c1cccc(C)c1. The standard InChI is InChI=1S/C18H18BrN3O2/c1-12-4-3-5-14(10-12)18(24)22-21-13(2)11-17(23)20-16-8-6-15(19)7-9-16/h3-10,21H,2,11H2,1H3,(H,20,23)(H,22,24). The predicted molar refractivity (Wildman–Crippen MR) is 98.3 cm³/mol. The Balaban J connectivity index is 1.79. The van der Waals surface area contributed by atoms with Crippen molar-refractivity contribution >= 4 is 33.4 Å². The molecule has 3 N–H and O–H groups in total. The average molecular weight is 388 g/mol. The van der Waals surface area contributed by atoms with Gasteiger partial charge in [0.05, 0.1) is 6.42 Å². The largest absolute Gasteiger partial charge is 0.326 e. The first-order valence-electron chi connectivity index (χ1n) is 7.30. The van der Waals surface area contributed by atoms with Gasteiger partial charge in [-0.2, -0.15) is 0 Å². The first kappa shape index (κ1) is 17.7. The Morgan fingerprint density at radius 2 is 1.79 bits per heavy atom. The topological polar surface area (TPSA) is 70.2 Å². The third-order valence-corrected chi connectivity index (χ3v) is 3.66. The zero-order valence-corrected chi connectivity index (χ0v) is 14.8. The van der Waals surface area contributed by atoms with Crippen molar-refractivity contribution in [3.05, 3.63) is 76.4 Å². The highest BCUT2D eigenvalue weighted by atomic mass is 79.9. The van der Waals surface area contributed by atoms with Crippen molar-refractivity contribution in [2.24, 2.45) is 0 Å². The Hall–Kier alpha value is -2.60. The fourth-order valence-electron chi connectivity index (χ4n) is 1.98. The van der Waals surface area contributed by atoms with Crippen LogP contribution in [0, 0.1) is 6.92 Å². The van der Waals surface area contributed by atoms with E-state index in [1.807, 2.05) is 31.2 Å². The fraction of sp³-hybridized carbons (Fsp3) is 0.111. The minimum Gasteiger partial charge on any atom is -0.326 e. The van der Waals surface area contributed by atoms with Crippen molar-refractivity contribution in [2.45, 2.75) is 13.3 Å². The van der Waals surface area contributed by atoms with E-state index in [-0.39, 0.29) is 18.2 Å². The van der Waals surface area contributed by atoms with Gasteiger partial charge in [0.1, 0.15) is 0 Å².